The molecule has 0 unspecified atom stereocenters. The van der Waals surface area contributed by atoms with Crippen molar-refractivity contribution in [3.05, 3.63) is 100 Å². The number of carbonyl (C=O) groups is 1. The first kappa shape index (κ1) is 21.7. The van der Waals surface area contributed by atoms with E-state index in [4.69, 9.17) is 20.8 Å². The lowest BCUT2D eigenvalue weighted by Gasteiger charge is -2.34. The highest BCUT2D eigenvalue weighted by Crippen LogP contribution is 2.41. The van der Waals surface area contributed by atoms with Crippen LogP contribution in [0.4, 0.5) is 5.69 Å². The minimum atomic E-state index is -0.188. The van der Waals surface area contributed by atoms with Crippen molar-refractivity contribution in [1.29, 1.82) is 0 Å². The summed E-state index contributed by atoms with van der Waals surface area (Å²) in [5.41, 5.74) is 4.19. The number of fused-ring (bicyclic) bond motifs is 1. The van der Waals surface area contributed by atoms with E-state index in [1.807, 2.05) is 79.7 Å². The average molecular weight is 461 g/mol. The van der Waals surface area contributed by atoms with Crippen molar-refractivity contribution in [2.45, 2.75) is 13.0 Å². The molecule has 1 fully saturated rings. The van der Waals surface area contributed by atoms with Crippen molar-refractivity contribution >= 4 is 34.2 Å². The van der Waals surface area contributed by atoms with Gasteiger partial charge in [-0.1, -0.05) is 53.6 Å². The fraction of sp³-hybridized carbons (Fsp3) is 0.222. The van der Waals surface area contributed by atoms with E-state index in [-0.39, 0.29) is 11.9 Å². The molecule has 4 aromatic rings. The zero-order chi connectivity index (χ0) is 22.8. The van der Waals surface area contributed by atoms with Crippen molar-refractivity contribution in [2.75, 3.05) is 31.6 Å². The largest absolute Gasteiger partial charge is 0.457 e. The molecule has 1 aliphatic heterocycles. The summed E-state index contributed by atoms with van der Waals surface area (Å²) in [6.45, 7) is 4.82. The zero-order valence-electron chi connectivity index (χ0n) is 18.4. The molecule has 1 saturated heterocycles. The Morgan fingerprint density at radius 1 is 0.970 bits per heavy atom. The van der Waals surface area contributed by atoms with Crippen molar-refractivity contribution < 1.29 is 13.9 Å². The predicted octanol–water partition coefficient (Wildman–Crippen LogP) is 6.07. The molecule has 1 N–H and O–H groups in total. The maximum absolute atomic E-state index is 13.2. The topological polar surface area (TPSA) is 54.7 Å². The van der Waals surface area contributed by atoms with E-state index < -0.39 is 0 Å². The van der Waals surface area contributed by atoms with Crippen molar-refractivity contribution in [3.8, 4) is 0 Å². The van der Waals surface area contributed by atoms with E-state index in [9.17, 15) is 4.79 Å². The molecule has 3 aromatic carbocycles. The Bertz CT molecular complexity index is 1260. The standard InChI is InChI=1S/C27H25ClN2O3/c1-18-6-8-20(9-7-18)27(31)29-24-22-4-2-3-5-23(22)33-26(24)25(30-14-16-32-17-15-30)19-10-12-21(28)13-11-19/h2-13,25H,14-17H2,1H3,(H,29,31)/t25-/m1/s1. The Kier molecular flexibility index (Phi) is 6.18. The van der Waals surface area contributed by atoms with Gasteiger partial charge in [0.1, 0.15) is 11.3 Å². The van der Waals surface area contributed by atoms with Crippen LogP contribution < -0.4 is 5.32 Å². The van der Waals surface area contributed by atoms with Gasteiger partial charge < -0.3 is 14.5 Å². The van der Waals surface area contributed by atoms with Gasteiger partial charge in [0, 0.05) is 29.1 Å². The third kappa shape index (κ3) is 4.53. The molecule has 2 heterocycles. The van der Waals surface area contributed by atoms with Crippen LogP contribution in [0.3, 0.4) is 0 Å². The summed E-state index contributed by atoms with van der Waals surface area (Å²) in [7, 11) is 0. The van der Waals surface area contributed by atoms with Crippen molar-refractivity contribution in [3.63, 3.8) is 0 Å². The highest BCUT2D eigenvalue weighted by atomic mass is 35.5. The van der Waals surface area contributed by atoms with Gasteiger partial charge in [0.05, 0.1) is 24.9 Å². The van der Waals surface area contributed by atoms with Crippen LogP contribution in [0, 0.1) is 6.92 Å². The second kappa shape index (κ2) is 9.40. The first-order chi connectivity index (χ1) is 16.1. The molecule has 1 amide bonds. The SMILES string of the molecule is Cc1ccc(C(=O)Nc2c([C@@H](c3ccc(Cl)cc3)N3CCOCC3)oc3ccccc23)cc1. The summed E-state index contributed by atoms with van der Waals surface area (Å²) >= 11 is 6.18. The molecule has 1 aromatic heterocycles. The smallest absolute Gasteiger partial charge is 0.255 e. The molecule has 5 nitrogen and oxygen atoms in total. The molecule has 0 aliphatic carbocycles. The number of hydrogen-bond donors (Lipinski definition) is 1. The number of morpholine rings is 1. The summed E-state index contributed by atoms with van der Waals surface area (Å²) in [4.78, 5) is 15.5. The zero-order valence-corrected chi connectivity index (χ0v) is 19.1. The summed E-state index contributed by atoms with van der Waals surface area (Å²) in [5, 5.41) is 4.71. The van der Waals surface area contributed by atoms with Crippen LogP contribution in [0.1, 0.15) is 33.3 Å². The molecule has 6 heteroatoms. The fourth-order valence-corrected chi connectivity index (χ4v) is 4.41. The third-order valence-electron chi connectivity index (χ3n) is 6.02. The molecular weight excluding hydrogens is 436 g/mol. The van der Waals surface area contributed by atoms with Gasteiger partial charge in [-0.05, 0) is 48.9 Å². The summed E-state index contributed by atoms with van der Waals surface area (Å²) in [6.07, 6.45) is 0. The number of hydrogen-bond acceptors (Lipinski definition) is 4. The lowest BCUT2D eigenvalue weighted by atomic mass is 10.00. The van der Waals surface area contributed by atoms with E-state index in [1.165, 1.54) is 0 Å². The minimum absolute atomic E-state index is 0.167. The first-order valence-electron chi connectivity index (χ1n) is 11.1. The van der Waals surface area contributed by atoms with Gasteiger partial charge >= 0.3 is 0 Å². The monoisotopic (exact) mass is 460 g/mol. The number of nitrogens with one attached hydrogen (secondary N) is 1. The molecule has 1 atom stereocenters. The van der Waals surface area contributed by atoms with Crippen LogP contribution in [0.25, 0.3) is 11.0 Å². The van der Waals surface area contributed by atoms with Crippen LogP contribution in [-0.4, -0.2) is 37.1 Å². The highest BCUT2D eigenvalue weighted by molar-refractivity contribution is 6.30. The maximum Gasteiger partial charge on any atom is 0.255 e. The van der Waals surface area contributed by atoms with Crippen LogP contribution in [-0.2, 0) is 4.74 Å². The van der Waals surface area contributed by atoms with Crippen molar-refractivity contribution in [1.82, 2.24) is 4.90 Å². The molecule has 0 radical (unpaired) electrons. The second-order valence-corrected chi connectivity index (χ2v) is 8.70. The number of rotatable bonds is 5. The van der Waals surface area contributed by atoms with Gasteiger partial charge in [0.2, 0.25) is 0 Å². The number of amides is 1. The van der Waals surface area contributed by atoms with Crippen molar-refractivity contribution in [2.24, 2.45) is 0 Å². The van der Waals surface area contributed by atoms with Gasteiger partial charge in [0.15, 0.2) is 0 Å². The molecule has 33 heavy (non-hydrogen) atoms. The summed E-state index contributed by atoms with van der Waals surface area (Å²) < 4.78 is 12.0. The molecular formula is C27H25ClN2O3. The quantitative estimate of drug-likeness (QED) is 0.393. The number of benzene rings is 3. The number of para-hydroxylation sites is 1. The van der Waals surface area contributed by atoms with Gasteiger partial charge in [-0.25, -0.2) is 0 Å². The molecule has 0 spiro atoms. The third-order valence-corrected chi connectivity index (χ3v) is 6.27. The van der Waals surface area contributed by atoms with Gasteiger partial charge in [0.25, 0.3) is 5.91 Å². The Labute approximate surface area is 197 Å². The Morgan fingerprint density at radius 2 is 1.67 bits per heavy atom. The van der Waals surface area contributed by atoms with Crippen LogP contribution in [0.15, 0.2) is 77.2 Å². The van der Waals surface area contributed by atoms with E-state index in [1.54, 1.807) is 0 Å². The number of anilines is 1. The maximum atomic E-state index is 13.2. The van der Waals surface area contributed by atoms with Crippen LogP contribution >= 0.6 is 11.6 Å². The van der Waals surface area contributed by atoms with Gasteiger partial charge in [-0.2, -0.15) is 0 Å². The Morgan fingerprint density at radius 3 is 2.39 bits per heavy atom. The Hall–Kier alpha value is -3.12. The number of ether oxygens (including phenoxy) is 1. The first-order valence-corrected chi connectivity index (χ1v) is 11.4. The highest BCUT2D eigenvalue weighted by Gasteiger charge is 2.31. The molecule has 1 aliphatic rings. The molecule has 5 rings (SSSR count). The van der Waals surface area contributed by atoms with E-state index >= 15 is 0 Å². The second-order valence-electron chi connectivity index (χ2n) is 8.26. The number of nitrogens with zero attached hydrogens (tertiary/aromatic N) is 1. The van der Waals surface area contributed by atoms with Crippen LogP contribution in [0.2, 0.25) is 5.02 Å². The number of carbonyl (C=O) groups excluding carboxylic acids is 1. The minimum Gasteiger partial charge on any atom is -0.457 e. The fourth-order valence-electron chi connectivity index (χ4n) is 4.29. The molecule has 0 bridgehead atoms. The number of aryl methyl sites for hydroxylation is 1. The van der Waals surface area contributed by atoms with E-state index in [0.29, 0.717) is 35.2 Å². The van der Waals surface area contributed by atoms with Gasteiger partial charge in [-0.15, -0.1) is 0 Å². The van der Waals surface area contributed by atoms with E-state index in [2.05, 4.69) is 10.2 Å². The van der Waals surface area contributed by atoms with Crippen LogP contribution in [0.5, 0.6) is 0 Å². The lowest BCUT2D eigenvalue weighted by molar-refractivity contribution is 0.0206. The Balaban J connectivity index is 1.62. The summed E-state index contributed by atoms with van der Waals surface area (Å²) in [5.74, 6) is 0.542. The van der Waals surface area contributed by atoms with E-state index in [0.717, 1.165) is 35.2 Å². The lowest BCUT2D eigenvalue weighted by Crippen LogP contribution is -2.39. The molecule has 168 valence electrons. The number of halogens is 1. The molecule has 0 saturated carbocycles. The predicted molar refractivity (Wildman–Crippen MR) is 131 cm³/mol. The summed E-state index contributed by atoms with van der Waals surface area (Å²) in [6, 6.07) is 23.0. The number of furan rings is 1. The average Bonchev–Trinajstić information content (AvgIpc) is 3.19. The van der Waals surface area contributed by atoms with Gasteiger partial charge in [-0.3, -0.25) is 9.69 Å². The normalized spacial score (nSPS) is 15.5.